The highest BCUT2D eigenvalue weighted by Crippen LogP contribution is 2.38. The van der Waals surface area contributed by atoms with E-state index in [2.05, 4.69) is 15.4 Å². The summed E-state index contributed by atoms with van der Waals surface area (Å²) in [5, 5.41) is 9.33. The Kier molecular flexibility index (Phi) is 4.90. The molecule has 1 aromatic carbocycles. The summed E-state index contributed by atoms with van der Waals surface area (Å²) in [5.41, 5.74) is 7.97. The first-order valence-electron chi connectivity index (χ1n) is 8.47. The summed E-state index contributed by atoms with van der Waals surface area (Å²) in [4.78, 5) is 24.2. The fraction of sp³-hybridized carbons (Fsp3) is 0.250. The first-order chi connectivity index (χ1) is 12.5. The van der Waals surface area contributed by atoms with Crippen molar-refractivity contribution in [3.05, 3.63) is 64.5 Å². The van der Waals surface area contributed by atoms with Gasteiger partial charge in [0.15, 0.2) is 0 Å². The lowest BCUT2D eigenvalue weighted by atomic mass is 10.1. The predicted molar refractivity (Wildman–Crippen MR) is 97.8 cm³/mol. The number of nitrogens with zero attached hydrogens (tertiary/aromatic N) is 2. The lowest BCUT2D eigenvalue weighted by Gasteiger charge is -2.08. The summed E-state index contributed by atoms with van der Waals surface area (Å²) in [5.74, 6) is -1.09. The molecule has 2 aromatic rings. The smallest absolute Gasteiger partial charge is 0.280 e. The molecule has 132 valence electrons. The molecule has 1 fully saturated rings. The summed E-state index contributed by atoms with van der Waals surface area (Å²) in [6.45, 7) is 4.01. The number of aromatic nitrogens is 1. The number of benzene rings is 1. The lowest BCUT2D eigenvalue weighted by Crippen LogP contribution is -2.42. The van der Waals surface area contributed by atoms with Gasteiger partial charge in [-0.15, -0.1) is 0 Å². The number of rotatable bonds is 4. The van der Waals surface area contributed by atoms with E-state index >= 15 is 0 Å². The second-order valence-electron chi connectivity index (χ2n) is 6.37. The molecular formula is C20H20N4O2. The maximum Gasteiger partial charge on any atom is 0.280 e. The second-order valence-corrected chi connectivity index (χ2v) is 6.37. The van der Waals surface area contributed by atoms with Gasteiger partial charge in [0.2, 0.25) is 0 Å². The number of hydrogen-bond donors (Lipinski definition) is 2. The Morgan fingerprint density at radius 3 is 2.50 bits per heavy atom. The molecule has 1 aromatic heterocycles. The van der Waals surface area contributed by atoms with Crippen molar-refractivity contribution in [2.45, 2.75) is 32.7 Å². The van der Waals surface area contributed by atoms with E-state index in [0.29, 0.717) is 11.6 Å². The van der Waals surface area contributed by atoms with E-state index in [1.165, 1.54) is 0 Å². The van der Waals surface area contributed by atoms with Crippen molar-refractivity contribution in [3.8, 4) is 6.07 Å². The van der Waals surface area contributed by atoms with Gasteiger partial charge in [0.25, 0.3) is 11.8 Å². The maximum atomic E-state index is 12.2. The molecule has 0 atom stereocenters. The van der Waals surface area contributed by atoms with Gasteiger partial charge in [0, 0.05) is 23.0 Å². The van der Waals surface area contributed by atoms with E-state index in [1.54, 1.807) is 36.4 Å². The summed E-state index contributed by atoms with van der Waals surface area (Å²) in [7, 11) is 0. The molecule has 6 heteroatoms. The Labute approximate surface area is 152 Å². The minimum absolute atomic E-state index is 0.0607. The molecule has 0 aliphatic heterocycles. The monoisotopic (exact) mass is 348 g/mol. The van der Waals surface area contributed by atoms with E-state index in [4.69, 9.17) is 0 Å². The standard InChI is InChI=1S/C20H20N4O2/c1-13-10-16(14(2)24(13)18-8-9-18)11-17(12-21)20(26)23-22-19(25)15-6-4-3-5-7-15/h3-7,10-11,18H,8-9H2,1-2H3,(H,22,25)(H,23,26)/b17-11+. The SMILES string of the molecule is Cc1cc(/C=C(\C#N)C(=O)NNC(=O)c2ccccc2)c(C)n1C1CC1. The van der Waals surface area contributed by atoms with Gasteiger partial charge in [-0.3, -0.25) is 20.4 Å². The molecule has 0 unspecified atom stereocenters. The molecule has 1 aliphatic carbocycles. The largest absolute Gasteiger partial charge is 0.346 e. The minimum Gasteiger partial charge on any atom is -0.346 e. The van der Waals surface area contributed by atoms with E-state index in [9.17, 15) is 14.9 Å². The average molecular weight is 348 g/mol. The van der Waals surface area contributed by atoms with Crippen molar-refractivity contribution >= 4 is 17.9 Å². The molecular weight excluding hydrogens is 328 g/mol. The van der Waals surface area contributed by atoms with Crippen molar-refractivity contribution in [3.63, 3.8) is 0 Å². The van der Waals surface area contributed by atoms with E-state index in [-0.39, 0.29) is 5.57 Å². The van der Waals surface area contributed by atoms with Crippen LogP contribution in [0.4, 0.5) is 0 Å². The molecule has 1 heterocycles. The third-order valence-electron chi connectivity index (χ3n) is 4.43. The molecule has 0 spiro atoms. The number of carbonyl (C=O) groups excluding carboxylic acids is 2. The highest BCUT2D eigenvalue weighted by atomic mass is 16.2. The molecule has 6 nitrogen and oxygen atoms in total. The van der Waals surface area contributed by atoms with Crippen LogP contribution < -0.4 is 10.9 Å². The first kappa shape index (κ1) is 17.5. The summed E-state index contributed by atoms with van der Waals surface area (Å²) in [6, 6.07) is 12.9. The van der Waals surface area contributed by atoms with Crippen LogP contribution in [0.25, 0.3) is 6.08 Å². The Balaban J connectivity index is 1.71. The van der Waals surface area contributed by atoms with Gasteiger partial charge < -0.3 is 4.57 Å². The zero-order chi connectivity index (χ0) is 18.7. The Morgan fingerprint density at radius 1 is 1.19 bits per heavy atom. The molecule has 3 rings (SSSR count). The molecule has 1 saturated carbocycles. The number of aryl methyl sites for hydroxylation is 1. The summed E-state index contributed by atoms with van der Waals surface area (Å²) in [6.07, 6.45) is 3.89. The highest BCUT2D eigenvalue weighted by Gasteiger charge is 2.26. The maximum absolute atomic E-state index is 12.2. The Hall–Kier alpha value is -3.33. The van der Waals surface area contributed by atoms with Gasteiger partial charge in [-0.05, 0) is 56.5 Å². The normalized spacial score (nSPS) is 13.8. The van der Waals surface area contributed by atoms with E-state index < -0.39 is 11.8 Å². The van der Waals surface area contributed by atoms with Crippen LogP contribution in [0.3, 0.4) is 0 Å². The lowest BCUT2D eigenvalue weighted by molar-refractivity contribution is -0.117. The molecule has 0 radical (unpaired) electrons. The zero-order valence-corrected chi connectivity index (χ0v) is 14.7. The van der Waals surface area contributed by atoms with Crippen LogP contribution in [0, 0.1) is 25.2 Å². The first-order valence-corrected chi connectivity index (χ1v) is 8.47. The summed E-state index contributed by atoms with van der Waals surface area (Å²) >= 11 is 0. The number of hydrazine groups is 1. The fourth-order valence-corrected chi connectivity index (χ4v) is 2.99. The molecule has 1 aliphatic rings. The molecule has 0 saturated heterocycles. The molecule has 2 N–H and O–H groups in total. The van der Waals surface area contributed by atoms with Gasteiger partial charge in [-0.1, -0.05) is 18.2 Å². The van der Waals surface area contributed by atoms with Gasteiger partial charge >= 0.3 is 0 Å². The number of carbonyl (C=O) groups is 2. The molecule has 26 heavy (non-hydrogen) atoms. The molecule has 2 amide bonds. The average Bonchev–Trinajstić information content (AvgIpc) is 3.44. The van der Waals surface area contributed by atoms with Crippen molar-refractivity contribution in [1.29, 1.82) is 5.26 Å². The van der Waals surface area contributed by atoms with Crippen LogP contribution >= 0.6 is 0 Å². The highest BCUT2D eigenvalue weighted by molar-refractivity contribution is 6.03. The van der Waals surface area contributed by atoms with Crippen LogP contribution in [0.5, 0.6) is 0 Å². The summed E-state index contributed by atoms with van der Waals surface area (Å²) < 4.78 is 2.25. The van der Waals surface area contributed by atoms with Crippen molar-refractivity contribution in [2.24, 2.45) is 0 Å². The topological polar surface area (TPSA) is 86.9 Å². The predicted octanol–water partition coefficient (Wildman–Crippen LogP) is 2.81. The number of hydrogen-bond acceptors (Lipinski definition) is 3. The second kappa shape index (κ2) is 7.28. The molecule has 0 bridgehead atoms. The van der Waals surface area contributed by atoms with Crippen molar-refractivity contribution in [2.75, 3.05) is 0 Å². The zero-order valence-electron chi connectivity index (χ0n) is 14.7. The van der Waals surface area contributed by atoms with Gasteiger partial charge in [0.1, 0.15) is 11.6 Å². The fourth-order valence-electron chi connectivity index (χ4n) is 2.99. The van der Waals surface area contributed by atoms with Crippen molar-refractivity contribution < 1.29 is 9.59 Å². The van der Waals surface area contributed by atoms with Crippen LogP contribution in [0.2, 0.25) is 0 Å². The van der Waals surface area contributed by atoms with Gasteiger partial charge in [-0.2, -0.15) is 5.26 Å². The number of amides is 2. The van der Waals surface area contributed by atoms with Crippen LogP contribution in [-0.2, 0) is 4.79 Å². The van der Waals surface area contributed by atoms with Gasteiger partial charge in [0.05, 0.1) is 0 Å². The van der Waals surface area contributed by atoms with Crippen LogP contribution in [0.15, 0.2) is 42.0 Å². The van der Waals surface area contributed by atoms with Crippen molar-refractivity contribution in [1.82, 2.24) is 15.4 Å². The van der Waals surface area contributed by atoms with Gasteiger partial charge in [-0.25, -0.2) is 0 Å². The third kappa shape index (κ3) is 3.67. The quantitative estimate of drug-likeness (QED) is 0.506. The van der Waals surface area contributed by atoms with E-state index in [0.717, 1.165) is 29.8 Å². The minimum atomic E-state index is -0.645. The number of nitrogens with one attached hydrogen (secondary N) is 2. The van der Waals surface area contributed by atoms with Crippen LogP contribution in [-0.4, -0.2) is 16.4 Å². The van der Waals surface area contributed by atoms with Crippen LogP contribution in [0.1, 0.15) is 46.2 Å². The Morgan fingerprint density at radius 2 is 1.88 bits per heavy atom. The van der Waals surface area contributed by atoms with E-state index in [1.807, 2.05) is 26.0 Å². The Bertz CT molecular complexity index is 915. The third-order valence-corrected chi connectivity index (χ3v) is 4.43. The number of nitriles is 1.